The molecule has 2 nitrogen and oxygen atoms in total. The molecule has 76 valence electrons. The van der Waals surface area contributed by atoms with E-state index in [1.54, 1.807) is 6.20 Å². The van der Waals surface area contributed by atoms with Crippen molar-refractivity contribution in [2.45, 2.75) is 34.1 Å². The lowest BCUT2D eigenvalue weighted by molar-refractivity contribution is 0.0967. The van der Waals surface area contributed by atoms with Crippen LogP contribution in [0.1, 0.15) is 41.9 Å². The van der Waals surface area contributed by atoms with Gasteiger partial charge in [-0.1, -0.05) is 13.8 Å². The molecule has 1 heterocycles. The van der Waals surface area contributed by atoms with Gasteiger partial charge in [-0.15, -0.1) is 0 Å². The summed E-state index contributed by atoms with van der Waals surface area (Å²) >= 11 is 0. The Labute approximate surface area is 85.4 Å². The summed E-state index contributed by atoms with van der Waals surface area (Å²) in [6.45, 7) is 8.03. The average Bonchev–Trinajstić information content (AvgIpc) is 2.08. The van der Waals surface area contributed by atoms with Crippen LogP contribution in [0.4, 0.5) is 0 Å². The molecule has 0 fully saturated rings. The molecule has 0 N–H and O–H groups in total. The maximum Gasteiger partial charge on any atom is 0.164 e. The Hall–Kier alpha value is -1.18. The Bertz CT molecular complexity index is 342. The second-order valence-corrected chi connectivity index (χ2v) is 4.15. The van der Waals surface area contributed by atoms with Gasteiger partial charge in [-0.25, -0.2) is 0 Å². The molecule has 1 rings (SSSR count). The van der Waals surface area contributed by atoms with Crippen LogP contribution in [-0.4, -0.2) is 10.8 Å². The molecule has 0 unspecified atom stereocenters. The highest BCUT2D eigenvalue weighted by molar-refractivity contribution is 5.96. The Morgan fingerprint density at radius 2 is 2.07 bits per heavy atom. The lowest BCUT2D eigenvalue weighted by atomic mass is 10.0. The molecule has 2 heteroatoms. The highest BCUT2D eigenvalue weighted by Gasteiger charge is 2.09. The topological polar surface area (TPSA) is 30.0 Å². The van der Waals surface area contributed by atoms with Gasteiger partial charge in [0.25, 0.3) is 0 Å². The predicted molar refractivity (Wildman–Crippen MR) is 57.5 cm³/mol. The van der Waals surface area contributed by atoms with Crippen LogP contribution >= 0.6 is 0 Å². The number of rotatable bonds is 3. The number of carbonyl (C=O) groups is 1. The fourth-order valence-electron chi connectivity index (χ4n) is 1.28. The Kier molecular flexibility index (Phi) is 3.39. The van der Waals surface area contributed by atoms with E-state index in [2.05, 4.69) is 4.98 Å². The second kappa shape index (κ2) is 4.36. The molecule has 0 saturated carbocycles. The lowest BCUT2D eigenvalue weighted by Crippen LogP contribution is -2.05. The third kappa shape index (κ3) is 2.66. The van der Waals surface area contributed by atoms with E-state index in [1.165, 1.54) is 0 Å². The van der Waals surface area contributed by atoms with Crippen LogP contribution in [0.5, 0.6) is 0 Å². The number of aromatic nitrogens is 1. The SMILES string of the molecule is Cc1cc(C(=O)CC(C)C)cnc1C. The summed E-state index contributed by atoms with van der Waals surface area (Å²) in [7, 11) is 0. The molecular formula is C12H17NO. The van der Waals surface area contributed by atoms with E-state index < -0.39 is 0 Å². The maximum atomic E-state index is 11.7. The van der Waals surface area contributed by atoms with Crippen LogP contribution in [0, 0.1) is 19.8 Å². The molecule has 0 atom stereocenters. The summed E-state index contributed by atoms with van der Waals surface area (Å²) < 4.78 is 0. The number of pyridine rings is 1. The molecule has 0 spiro atoms. The van der Waals surface area contributed by atoms with Crippen LogP contribution in [0.25, 0.3) is 0 Å². The van der Waals surface area contributed by atoms with Gasteiger partial charge in [-0.05, 0) is 31.4 Å². The minimum Gasteiger partial charge on any atom is -0.294 e. The lowest BCUT2D eigenvalue weighted by Gasteiger charge is -2.05. The second-order valence-electron chi connectivity index (χ2n) is 4.15. The highest BCUT2D eigenvalue weighted by atomic mass is 16.1. The van der Waals surface area contributed by atoms with Crippen LogP contribution in [0.15, 0.2) is 12.3 Å². The van der Waals surface area contributed by atoms with Crippen molar-refractivity contribution in [3.05, 3.63) is 29.1 Å². The first kappa shape index (κ1) is 10.9. The molecule has 0 bridgehead atoms. The van der Waals surface area contributed by atoms with Crippen molar-refractivity contribution in [3.8, 4) is 0 Å². The first-order chi connectivity index (χ1) is 6.50. The molecule has 0 saturated heterocycles. The standard InChI is InChI=1S/C12H17NO/c1-8(2)5-12(14)11-6-9(3)10(4)13-7-11/h6-8H,5H2,1-4H3. The Morgan fingerprint density at radius 1 is 1.43 bits per heavy atom. The molecule has 0 amide bonds. The molecule has 0 aromatic carbocycles. The molecule has 1 aromatic heterocycles. The van der Waals surface area contributed by atoms with E-state index in [1.807, 2.05) is 33.8 Å². The number of aryl methyl sites for hydroxylation is 2. The number of carbonyl (C=O) groups excluding carboxylic acids is 1. The Morgan fingerprint density at radius 3 is 2.57 bits per heavy atom. The number of ketones is 1. The molecule has 0 aliphatic rings. The fraction of sp³-hybridized carbons (Fsp3) is 0.500. The summed E-state index contributed by atoms with van der Waals surface area (Å²) in [6.07, 6.45) is 2.28. The highest BCUT2D eigenvalue weighted by Crippen LogP contribution is 2.11. The van der Waals surface area contributed by atoms with Crippen molar-refractivity contribution in [2.24, 2.45) is 5.92 Å². The van der Waals surface area contributed by atoms with Gasteiger partial charge in [-0.3, -0.25) is 9.78 Å². The fourth-order valence-corrected chi connectivity index (χ4v) is 1.28. The quantitative estimate of drug-likeness (QED) is 0.687. The molecule has 14 heavy (non-hydrogen) atoms. The van der Waals surface area contributed by atoms with Crippen LogP contribution < -0.4 is 0 Å². The normalized spacial score (nSPS) is 10.6. The molecular weight excluding hydrogens is 174 g/mol. The van der Waals surface area contributed by atoms with Crippen molar-refractivity contribution < 1.29 is 4.79 Å². The van der Waals surface area contributed by atoms with Gasteiger partial charge >= 0.3 is 0 Å². The maximum absolute atomic E-state index is 11.7. The number of nitrogens with zero attached hydrogens (tertiary/aromatic N) is 1. The van der Waals surface area contributed by atoms with Crippen molar-refractivity contribution in [3.63, 3.8) is 0 Å². The monoisotopic (exact) mass is 191 g/mol. The average molecular weight is 191 g/mol. The van der Waals surface area contributed by atoms with E-state index in [0.29, 0.717) is 12.3 Å². The van der Waals surface area contributed by atoms with E-state index in [0.717, 1.165) is 16.8 Å². The van der Waals surface area contributed by atoms with Crippen LogP contribution in [0.2, 0.25) is 0 Å². The summed E-state index contributed by atoms with van der Waals surface area (Å²) in [6, 6.07) is 1.92. The van der Waals surface area contributed by atoms with Crippen LogP contribution in [-0.2, 0) is 0 Å². The third-order valence-electron chi connectivity index (χ3n) is 2.26. The molecule has 0 aliphatic heterocycles. The van der Waals surface area contributed by atoms with Gasteiger partial charge in [0.05, 0.1) is 0 Å². The first-order valence-corrected chi connectivity index (χ1v) is 4.97. The summed E-state index contributed by atoms with van der Waals surface area (Å²) in [5.41, 5.74) is 2.81. The van der Waals surface area contributed by atoms with Gasteiger partial charge in [0, 0.05) is 23.9 Å². The van der Waals surface area contributed by atoms with E-state index in [-0.39, 0.29) is 5.78 Å². The molecule has 1 aromatic rings. The Balaban J connectivity index is 2.86. The third-order valence-corrected chi connectivity index (χ3v) is 2.26. The zero-order valence-corrected chi connectivity index (χ0v) is 9.29. The summed E-state index contributed by atoms with van der Waals surface area (Å²) in [5.74, 6) is 0.597. The summed E-state index contributed by atoms with van der Waals surface area (Å²) in [4.78, 5) is 15.9. The predicted octanol–water partition coefficient (Wildman–Crippen LogP) is 2.93. The minimum absolute atomic E-state index is 0.190. The number of Topliss-reactive ketones (excluding diaryl/α,β-unsaturated/α-hetero) is 1. The zero-order chi connectivity index (χ0) is 10.7. The van der Waals surface area contributed by atoms with E-state index in [4.69, 9.17) is 0 Å². The number of hydrogen-bond donors (Lipinski definition) is 0. The zero-order valence-electron chi connectivity index (χ0n) is 9.29. The van der Waals surface area contributed by atoms with Gasteiger partial charge in [-0.2, -0.15) is 0 Å². The van der Waals surface area contributed by atoms with Crippen molar-refractivity contribution in [2.75, 3.05) is 0 Å². The van der Waals surface area contributed by atoms with Gasteiger partial charge in [0.15, 0.2) is 5.78 Å². The molecule has 0 radical (unpaired) electrons. The van der Waals surface area contributed by atoms with Crippen molar-refractivity contribution in [1.82, 2.24) is 4.98 Å². The van der Waals surface area contributed by atoms with Crippen LogP contribution in [0.3, 0.4) is 0 Å². The van der Waals surface area contributed by atoms with Gasteiger partial charge < -0.3 is 0 Å². The smallest absolute Gasteiger partial charge is 0.164 e. The van der Waals surface area contributed by atoms with Crippen molar-refractivity contribution in [1.29, 1.82) is 0 Å². The minimum atomic E-state index is 0.190. The van der Waals surface area contributed by atoms with E-state index >= 15 is 0 Å². The van der Waals surface area contributed by atoms with E-state index in [9.17, 15) is 4.79 Å². The number of hydrogen-bond acceptors (Lipinski definition) is 2. The largest absolute Gasteiger partial charge is 0.294 e. The van der Waals surface area contributed by atoms with Gasteiger partial charge in [0.2, 0.25) is 0 Å². The summed E-state index contributed by atoms with van der Waals surface area (Å²) in [5, 5.41) is 0. The first-order valence-electron chi connectivity index (χ1n) is 4.97. The van der Waals surface area contributed by atoms with Gasteiger partial charge in [0.1, 0.15) is 0 Å². The molecule has 0 aliphatic carbocycles. The van der Waals surface area contributed by atoms with Crippen molar-refractivity contribution >= 4 is 5.78 Å².